The predicted molar refractivity (Wildman–Crippen MR) is 124 cm³/mol. The molecule has 1 heteroatoms. The minimum Gasteiger partial charge on any atom is -0.494 e. The molecule has 0 unspecified atom stereocenters. The maximum absolute atomic E-state index is 5.71. The molecule has 0 aliphatic heterocycles. The van der Waals surface area contributed by atoms with Gasteiger partial charge >= 0.3 is 0 Å². The predicted octanol–water partition coefficient (Wildman–Crippen LogP) is 6.95. The van der Waals surface area contributed by atoms with Crippen molar-refractivity contribution < 1.29 is 4.74 Å². The average molecular weight is 385 g/mol. The van der Waals surface area contributed by atoms with Gasteiger partial charge in [0.2, 0.25) is 0 Å². The summed E-state index contributed by atoms with van der Waals surface area (Å²) in [6.45, 7) is 5.21. The summed E-state index contributed by atoms with van der Waals surface area (Å²) >= 11 is 0. The van der Waals surface area contributed by atoms with E-state index in [2.05, 4.69) is 61.8 Å². The third-order valence-corrected chi connectivity index (χ3v) is 4.58. The van der Waals surface area contributed by atoms with E-state index >= 15 is 0 Å². The van der Waals surface area contributed by atoms with Gasteiger partial charge in [0.15, 0.2) is 0 Å². The quantitative estimate of drug-likeness (QED) is 0.336. The maximum atomic E-state index is 5.71. The number of ether oxygens (including phenoxy) is 1. The molecule has 0 fully saturated rings. The molecule has 150 valence electrons. The summed E-state index contributed by atoms with van der Waals surface area (Å²) in [5.74, 6) is 13.3. The van der Waals surface area contributed by atoms with Gasteiger partial charge in [0.05, 0.1) is 6.61 Å². The van der Waals surface area contributed by atoms with Crippen molar-refractivity contribution in [3.63, 3.8) is 0 Å². The summed E-state index contributed by atoms with van der Waals surface area (Å²) in [4.78, 5) is 0. The van der Waals surface area contributed by atoms with Gasteiger partial charge in [-0.05, 0) is 73.4 Å². The van der Waals surface area contributed by atoms with Gasteiger partial charge in [-0.2, -0.15) is 0 Å². The fourth-order valence-electron chi connectivity index (χ4n) is 2.84. The lowest BCUT2D eigenvalue weighted by atomic mass is 10.1. The van der Waals surface area contributed by atoms with E-state index in [1.165, 1.54) is 37.7 Å². The monoisotopic (exact) mass is 384 g/mol. The van der Waals surface area contributed by atoms with Crippen molar-refractivity contribution in [3.05, 3.63) is 77.4 Å². The second-order valence-corrected chi connectivity index (χ2v) is 7.11. The molecule has 0 amide bonds. The van der Waals surface area contributed by atoms with Crippen molar-refractivity contribution in [1.82, 2.24) is 0 Å². The Morgan fingerprint density at radius 2 is 1.24 bits per heavy atom. The Morgan fingerprint density at radius 1 is 0.690 bits per heavy atom. The van der Waals surface area contributed by atoms with Gasteiger partial charge in [-0.25, -0.2) is 0 Å². The van der Waals surface area contributed by atoms with Gasteiger partial charge in [0.1, 0.15) is 5.75 Å². The average Bonchev–Trinajstić information content (AvgIpc) is 2.76. The van der Waals surface area contributed by atoms with Gasteiger partial charge in [-0.3, -0.25) is 0 Å². The summed E-state index contributed by atoms with van der Waals surface area (Å²) < 4.78 is 5.71. The lowest BCUT2D eigenvalue weighted by Gasteiger charge is -2.05. The summed E-state index contributed by atoms with van der Waals surface area (Å²) in [5, 5.41) is 0. The van der Waals surface area contributed by atoms with Crippen molar-refractivity contribution in [3.8, 4) is 29.4 Å². The fraction of sp³-hybridized carbons (Fsp3) is 0.357. The molecule has 0 aliphatic rings. The second-order valence-electron chi connectivity index (χ2n) is 7.11. The molecule has 29 heavy (non-hydrogen) atoms. The normalized spacial score (nSPS) is 10.1. The van der Waals surface area contributed by atoms with Crippen LogP contribution in [-0.2, 0) is 6.42 Å². The number of benzene rings is 2. The molecule has 2 rings (SSSR count). The highest BCUT2D eigenvalue weighted by atomic mass is 16.5. The Kier molecular flexibility index (Phi) is 10.9. The first-order valence-electron chi connectivity index (χ1n) is 10.8. The minimum absolute atomic E-state index is 0.780. The zero-order valence-electron chi connectivity index (χ0n) is 17.8. The number of unbranched alkanes of at least 4 members (excludes halogenated alkanes) is 4. The molecule has 0 N–H and O–H groups in total. The SMILES string of the molecule is CCCCCOc1ccc(C#C/C=C/C#Cc2ccc(CCCCC)cc2)cc1. The van der Waals surface area contributed by atoms with Gasteiger partial charge < -0.3 is 4.74 Å². The first-order valence-corrected chi connectivity index (χ1v) is 10.8. The van der Waals surface area contributed by atoms with Crippen LogP contribution in [0.3, 0.4) is 0 Å². The van der Waals surface area contributed by atoms with Crippen LogP contribution in [0.2, 0.25) is 0 Å². The summed E-state index contributed by atoms with van der Waals surface area (Å²) in [6.07, 6.45) is 12.1. The maximum Gasteiger partial charge on any atom is 0.119 e. The number of aryl methyl sites for hydroxylation is 1. The summed E-state index contributed by atoms with van der Waals surface area (Å²) in [5.41, 5.74) is 3.40. The van der Waals surface area contributed by atoms with Gasteiger partial charge in [-0.1, -0.05) is 75.3 Å². The van der Waals surface area contributed by atoms with E-state index in [1.54, 1.807) is 12.2 Å². The third kappa shape index (κ3) is 9.73. The van der Waals surface area contributed by atoms with Crippen LogP contribution in [0.4, 0.5) is 0 Å². The second kappa shape index (κ2) is 14.1. The van der Waals surface area contributed by atoms with E-state index in [0.29, 0.717) is 0 Å². The van der Waals surface area contributed by atoms with E-state index in [1.807, 2.05) is 24.3 Å². The molecule has 0 saturated carbocycles. The molecule has 0 radical (unpaired) electrons. The van der Waals surface area contributed by atoms with Crippen molar-refractivity contribution in [2.45, 2.75) is 58.8 Å². The molecular weight excluding hydrogens is 352 g/mol. The van der Waals surface area contributed by atoms with E-state index in [9.17, 15) is 0 Å². The minimum atomic E-state index is 0.780. The van der Waals surface area contributed by atoms with E-state index < -0.39 is 0 Å². The molecule has 2 aromatic rings. The van der Waals surface area contributed by atoms with Crippen molar-refractivity contribution in [2.75, 3.05) is 6.61 Å². The molecule has 0 aliphatic carbocycles. The largest absolute Gasteiger partial charge is 0.494 e. The number of hydrogen-bond acceptors (Lipinski definition) is 1. The smallest absolute Gasteiger partial charge is 0.119 e. The van der Waals surface area contributed by atoms with E-state index in [-0.39, 0.29) is 0 Å². The van der Waals surface area contributed by atoms with Crippen molar-refractivity contribution in [2.24, 2.45) is 0 Å². The molecular formula is C28H32O. The van der Waals surface area contributed by atoms with Crippen LogP contribution in [0.1, 0.15) is 69.1 Å². The highest BCUT2D eigenvalue weighted by Crippen LogP contribution is 2.12. The molecule has 1 nitrogen and oxygen atoms in total. The van der Waals surface area contributed by atoms with Crippen LogP contribution in [0, 0.1) is 23.7 Å². The highest BCUT2D eigenvalue weighted by molar-refractivity contribution is 5.42. The van der Waals surface area contributed by atoms with Gasteiger partial charge in [0, 0.05) is 11.1 Å². The lowest BCUT2D eigenvalue weighted by molar-refractivity contribution is 0.306. The van der Waals surface area contributed by atoms with Crippen molar-refractivity contribution >= 4 is 0 Å². The standard InChI is InChI=1S/C28H32O/c1-3-5-9-13-25-16-18-26(19-17-25)14-10-7-8-11-15-27-20-22-28(23-21-27)29-24-12-6-4-2/h7-8,16-23H,3-6,9,12-13,24H2,1-2H3/b8-7+. The van der Waals surface area contributed by atoms with E-state index in [4.69, 9.17) is 4.74 Å². The Balaban J connectivity index is 1.77. The number of rotatable bonds is 9. The Hall–Kier alpha value is -2.90. The first-order chi connectivity index (χ1) is 14.3. The lowest BCUT2D eigenvalue weighted by Crippen LogP contribution is -1.96. The molecule has 2 aromatic carbocycles. The molecule has 0 aromatic heterocycles. The molecule has 0 bridgehead atoms. The molecule has 0 saturated heterocycles. The van der Waals surface area contributed by atoms with Crippen LogP contribution in [0.5, 0.6) is 5.75 Å². The highest BCUT2D eigenvalue weighted by Gasteiger charge is 1.94. The fourth-order valence-corrected chi connectivity index (χ4v) is 2.84. The number of allylic oxidation sites excluding steroid dienone is 2. The zero-order chi connectivity index (χ0) is 20.6. The summed E-state index contributed by atoms with van der Waals surface area (Å²) in [6, 6.07) is 16.5. The topological polar surface area (TPSA) is 9.23 Å². The van der Waals surface area contributed by atoms with Crippen LogP contribution in [0.25, 0.3) is 0 Å². The Morgan fingerprint density at radius 3 is 1.83 bits per heavy atom. The molecule has 0 heterocycles. The van der Waals surface area contributed by atoms with E-state index in [0.717, 1.165) is 36.3 Å². The molecule has 0 atom stereocenters. The third-order valence-electron chi connectivity index (χ3n) is 4.58. The van der Waals surface area contributed by atoms with Crippen molar-refractivity contribution in [1.29, 1.82) is 0 Å². The molecule has 0 spiro atoms. The number of hydrogen-bond donors (Lipinski definition) is 0. The van der Waals surface area contributed by atoms with Crippen LogP contribution < -0.4 is 4.74 Å². The first kappa shape index (κ1) is 22.4. The van der Waals surface area contributed by atoms with Gasteiger partial charge in [-0.15, -0.1) is 0 Å². The van der Waals surface area contributed by atoms with Crippen LogP contribution in [-0.4, -0.2) is 6.61 Å². The van der Waals surface area contributed by atoms with Crippen LogP contribution in [0.15, 0.2) is 60.7 Å². The van der Waals surface area contributed by atoms with Gasteiger partial charge in [0.25, 0.3) is 0 Å². The summed E-state index contributed by atoms with van der Waals surface area (Å²) in [7, 11) is 0. The Labute approximate surface area is 177 Å². The zero-order valence-corrected chi connectivity index (χ0v) is 17.8. The van der Waals surface area contributed by atoms with Crippen LogP contribution >= 0.6 is 0 Å². The Bertz CT molecular complexity index is 849.